The molecule has 1 aliphatic rings. The Bertz CT molecular complexity index is 545. The standard InChI is InChI=1S/C17H22N2O2/c1-18-17(21)16-10-6-11-19(16)13-15-9-3-2-7-14(15)8-4-5-12-20/h2-3,7,9,16,20H,5-6,10-13H2,1H3,(H,18,21). The molecule has 1 atom stereocenters. The van der Waals surface area contributed by atoms with E-state index in [1.54, 1.807) is 7.05 Å². The topological polar surface area (TPSA) is 52.6 Å². The van der Waals surface area contributed by atoms with Crippen molar-refractivity contribution in [3.05, 3.63) is 35.4 Å². The quantitative estimate of drug-likeness (QED) is 0.816. The molecule has 4 heteroatoms. The van der Waals surface area contributed by atoms with E-state index >= 15 is 0 Å². The van der Waals surface area contributed by atoms with Crippen LogP contribution in [0.25, 0.3) is 0 Å². The lowest BCUT2D eigenvalue weighted by Gasteiger charge is -2.23. The molecule has 0 saturated carbocycles. The normalized spacial score (nSPS) is 18.1. The predicted molar refractivity (Wildman–Crippen MR) is 82.5 cm³/mol. The minimum Gasteiger partial charge on any atom is -0.395 e. The van der Waals surface area contributed by atoms with E-state index < -0.39 is 0 Å². The molecule has 1 heterocycles. The lowest BCUT2D eigenvalue weighted by Crippen LogP contribution is -2.41. The average molecular weight is 286 g/mol. The molecule has 2 N–H and O–H groups in total. The van der Waals surface area contributed by atoms with E-state index in [0.29, 0.717) is 6.42 Å². The number of likely N-dealkylation sites (N-methyl/N-ethyl adjacent to an activating group) is 1. The van der Waals surface area contributed by atoms with Crippen molar-refractivity contribution in [3.63, 3.8) is 0 Å². The molecule has 2 rings (SSSR count). The molecule has 4 nitrogen and oxygen atoms in total. The molecule has 1 aromatic carbocycles. The fourth-order valence-corrected chi connectivity index (χ4v) is 2.69. The summed E-state index contributed by atoms with van der Waals surface area (Å²) < 4.78 is 0. The van der Waals surface area contributed by atoms with Crippen molar-refractivity contribution in [2.75, 3.05) is 20.2 Å². The number of likely N-dealkylation sites (tertiary alicyclic amines) is 1. The Hall–Kier alpha value is -1.83. The second kappa shape index (κ2) is 7.82. The summed E-state index contributed by atoms with van der Waals surface area (Å²) in [6.07, 6.45) is 2.45. The van der Waals surface area contributed by atoms with Gasteiger partial charge in [-0.25, -0.2) is 0 Å². The number of nitrogens with zero attached hydrogens (tertiary/aromatic N) is 1. The van der Waals surface area contributed by atoms with E-state index in [0.717, 1.165) is 37.1 Å². The largest absolute Gasteiger partial charge is 0.395 e. The van der Waals surface area contributed by atoms with Crippen LogP contribution in [0.15, 0.2) is 24.3 Å². The van der Waals surface area contributed by atoms with Gasteiger partial charge in [-0.15, -0.1) is 0 Å². The highest BCUT2D eigenvalue weighted by atomic mass is 16.2. The Morgan fingerprint density at radius 3 is 3.05 bits per heavy atom. The second-order valence-corrected chi connectivity index (χ2v) is 5.18. The summed E-state index contributed by atoms with van der Waals surface area (Å²) in [5.41, 5.74) is 2.12. The second-order valence-electron chi connectivity index (χ2n) is 5.18. The number of nitrogens with one attached hydrogen (secondary N) is 1. The number of aliphatic hydroxyl groups is 1. The highest BCUT2D eigenvalue weighted by Gasteiger charge is 2.30. The highest BCUT2D eigenvalue weighted by Crippen LogP contribution is 2.21. The number of rotatable bonds is 4. The zero-order chi connectivity index (χ0) is 15.1. The number of hydrogen-bond donors (Lipinski definition) is 2. The van der Waals surface area contributed by atoms with Crippen LogP contribution in [0.5, 0.6) is 0 Å². The zero-order valence-electron chi connectivity index (χ0n) is 12.4. The van der Waals surface area contributed by atoms with Gasteiger partial charge in [0, 0.05) is 25.6 Å². The molecule has 112 valence electrons. The summed E-state index contributed by atoms with van der Waals surface area (Å²) in [5, 5.41) is 11.6. The Labute approximate surface area is 126 Å². The molecule has 21 heavy (non-hydrogen) atoms. The van der Waals surface area contributed by atoms with Gasteiger partial charge in [-0.2, -0.15) is 0 Å². The van der Waals surface area contributed by atoms with Crippen LogP contribution in [0.4, 0.5) is 0 Å². The first kappa shape index (κ1) is 15.6. The maximum absolute atomic E-state index is 11.9. The van der Waals surface area contributed by atoms with Gasteiger partial charge in [-0.1, -0.05) is 30.0 Å². The van der Waals surface area contributed by atoms with Gasteiger partial charge < -0.3 is 10.4 Å². The summed E-state index contributed by atoms with van der Waals surface area (Å²) in [6.45, 7) is 1.76. The Kier molecular flexibility index (Phi) is 5.79. The van der Waals surface area contributed by atoms with Crippen molar-refractivity contribution in [1.82, 2.24) is 10.2 Å². The van der Waals surface area contributed by atoms with Gasteiger partial charge in [0.15, 0.2) is 0 Å². The lowest BCUT2D eigenvalue weighted by molar-refractivity contribution is -0.125. The SMILES string of the molecule is CNC(=O)C1CCCN1Cc1ccccc1C#CCCO. The van der Waals surface area contributed by atoms with Crippen molar-refractivity contribution in [2.45, 2.75) is 31.8 Å². The van der Waals surface area contributed by atoms with Crippen molar-refractivity contribution in [1.29, 1.82) is 0 Å². The van der Waals surface area contributed by atoms with Crippen LogP contribution in [0, 0.1) is 11.8 Å². The van der Waals surface area contributed by atoms with Crippen LogP contribution < -0.4 is 5.32 Å². The summed E-state index contributed by atoms with van der Waals surface area (Å²) in [7, 11) is 1.69. The van der Waals surface area contributed by atoms with E-state index in [2.05, 4.69) is 28.1 Å². The number of benzene rings is 1. The van der Waals surface area contributed by atoms with Crippen LogP contribution in [0.2, 0.25) is 0 Å². The minimum absolute atomic E-state index is 0.0338. The molecule has 0 aliphatic carbocycles. The van der Waals surface area contributed by atoms with E-state index in [1.807, 2.05) is 18.2 Å². The van der Waals surface area contributed by atoms with Crippen LogP contribution in [0.1, 0.15) is 30.4 Å². The summed E-state index contributed by atoms with van der Waals surface area (Å²) in [5.74, 6) is 6.17. The molecule has 1 fully saturated rings. The minimum atomic E-state index is -0.0338. The Balaban J connectivity index is 2.12. The van der Waals surface area contributed by atoms with E-state index in [1.165, 1.54) is 0 Å². The number of carbonyl (C=O) groups excluding carboxylic acids is 1. The van der Waals surface area contributed by atoms with Crippen LogP contribution in [0.3, 0.4) is 0 Å². The third-order valence-corrected chi connectivity index (χ3v) is 3.76. The Morgan fingerprint density at radius 1 is 1.48 bits per heavy atom. The monoisotopic (exact) mass is 286 g/mol. The predicted octanol–water partition coefficient (Wildman–Crippen LogP) is 1.13. The van der Waals surface area contributed by atoms with Gasteiger partial charge in [-0.3, -0.25) is 9.69 Å². The maximum Gasteiger partial charge on any atom is 0.237 e. The van der Waals surface area contributed by atoms with E-state index in [9.17, 15) is 4.79 Å². The van der Waals surface area contributed by atoms with Crippen molar-refractivity contribution in [2.24, 2.45) is 0 Å². The average Bonchev–Trinajstić information content (AvgIpc) is 2.96. The van der Waals surface area contributed by atoms with Gasteiger partial charge in [-0.05, 0) is 31.0 Å². The molecule has 1 unspecified atom stereocenters. The number of carbonyl (C=O) groups is 1. The fourth-order valence-electron chi connectivity index (χ4n) is 2.69. The molecule has 0 bridgehead atoms. The van der Waals surface area contributed by atoms with E-state index in [-0.39, 0.29) is 18.6 Å². The molecule has 0 spiro atoms. The molecule has 1 aliphatic heterocycles. The molecule has 0 aromatic heterocycles. The smallest absolute Gasteiger partial charge is 0.237 e. The van der Waals surface area contributed by atoms with Gasteiger partial charge >= 0.3 is 0 Å². The van der Waals surface area contributed by atoms with Gasteiger partial charge in [0.25, 0.3) is 0 Å². The zero-order valence-corrected chi connectivity index (χ0v) is 12.4. The summed E-state index contributed by atoms with van der Waals surface area (Å²) in [4.78, 5) is 14.1. The molecule has 1 aromatic rings. The number of hydrogen-bond acceptors (Lipinski definition) is 3. The van der Waals surface area contributed by atoms with Crippen LogP contribution in [-0.4, -0.2) is 42.2 Å². The molecule has 1 amide bonds. The first-order valence-electron chi connectivity index (χ1n) is 7.39. The third kappa shape index (κ3) is 4.07. The molecule has 1 saturated heterocycles. The molecular formula is C17H22N2O2. The Morgan fingerprint density at radius 2 is 2.29 bits per heavy atom. The van der Waals surface area contributed by atoms with Crippen molar-refractivity contribution < 1.29 is 9.90 Å². The van der Waals surface area contributed by atoms with Crippen molar-refractivity contribution in [3.8, 4) is 11.8 Å². The first-order valence-corrected chi connectivity index (χ1v) is 7.39. The highest BCUT2D eigenvalue weighted by molar-refractivity contribution is 5.81. The van der Waals surface area contributed by atoms with Crippen LogP contribution >= 0.6 is 0 Å². The number of aliphatic hydroxyl groups excluding tert-OH is 1. The van der Waals surface area contributed by atoms with E-state index in [4.69, 9.17) is 5.11 Å². The van der Waals surface area contributed by atoms with Gasteiger partial charge in [0.1, 0.15) is 0 Å². The van der Waals surface area contributed by atoms with Gasteiger partial charge in [0.05, 0.1) is 12.6 Å². The summed E-state index contributed by atoms with van der Waals surface area (Å²) in [6, 6.07) is 7.98. The van der Waals surface area contributed by atoms with Crippen LogP contribution in [-0.2, 0) is 11.3 Å². The fraction of sp³-hybridized carbons (Fsp3) is 0.471. The van der Waals surface area contributed by atoms with Gasteiger partial charge in [0.2, 0.25) is 5.91 Å². The summed E-state index contributed by atoms with van der Waals surface area (Å²) >= 11 is 0. The maximum atomic E-state index is 11.9. The molecule has 0 radical (unpaired) electrons. The first-order chi connectivity index (χ1) is 10.3. The lowest BCUT2D eigenvalue weighted by atomic mass is 10.1. The van der Waals surface area contributed by atoms with Crippen molar-refractivity contribution >= 4 is 5.91 Å². The third-order valence-electron chi connectivity index (χ3n) is 3.76. The number of amides is 1. The molecular weight excluding hydrogens is 264 g/mol.